The van der Waals surface area contributed by atoms with Crippen molar-refractivity contribution in [2.75, 3.05) is 33.7 Å². The van der Waals surface area contributed by atoms with Crippen molar-refractivity contribution in [3.8, 4) is 0 Å². The lowest BCUT2D eigenvalue weighted by Crippen LogP contribution is -2.40. The average molecular weight is 264 g/mol. The molecule has 2 rings (SSSR count). The molecule has 0 aliphatic carbocycles. The maximum absolute atomic E-state index is 5.99. The van der Waals surface area contributed by atoms with Crippen LogP contribution in [0.25, 0.3) is 0 Å². The summed E-state index contributed by atoms with van der Waals surface area (Å²) in [7, 11) is 4.13. The highest BCUT2D eigenvalue weighted by atomic mass is 15.3. The van der Waals surface area contributed by atoms with Crippen LogP contribution in [0.3, 0.4) is 0 Å². The summed E-state index contributed by atoms with van der Waals surface area (Å²) in [6.07, 6.45) is 5.15. The molecule has 0 saturated carbocycles. The van der Waals surface area contributed by atoms with Gasteiger partial charge in [-0.3, -0.25) is 9.67 Å². The summed E-state index contributed by atoms with van der Waals surface area (Å²) >= 11 is 0. The molecule has 0 fully saturated rings. The van der Waals surface area contributed by atoms with Crippen LogP contribution in [0, 0.1) is 0 Å². The summed E-state index contributed by atoms with van der Waals surface area (Å²) in [4.78, 5) is 8.70. The molecular formula is C13H24N6. The highest BCUT2D eigenvalue weighted by molar-refractivity contribution is 5.80. The summed E-state index contributed by atoms with van der Waals surface area (Å²) in [6, 6.07) is 0.241. The zero-order valence-corrected chi connectivity index (χ0v) is 12.1. The van der Waals surface area contributed by atoms with Crippen molar-refractivity contribution in [2.45, 2.75) is 25.9 Å². The molecule has 1 aliphatic rings. The fourth-order valence-corrected chi connectivity index (χ4v) is 2.30. The number of hydrogen-bond donors (Lipinski definition) is 1. The molecule has 0 amide bonds. The summed E-state index contributed by atoms with van der Waals surface area (Å²) < 4.78 is 1.99. The number of aryl methyl sites for hydroxylation is 1. The SMILES string of the molecule is CCCn1cc(C2CN=C(N)N2CCN(C)C)cn1. The zero-order valence-electron chi connectivity index (χ0n) is 12.1. The third kappa shape index (κ3) is 3.26. The largest absolute Gasteiger partial charge is 0.370 e. The number of aliphatic imine (C=N–C) groups is 1. The fraction of sp³-hybridized carbons (Fsp3) is 0.692. The Bertz CT molecular complexity index is 436. The molecule has 6 heteroatoms. The van der Waals surface area contributed by atoms with Crippen LogP contribution in [0.2, 0.25) is 0 Å². The number of aromatic nitrogens is 2. The molecule has 106 valence electrons. The molecule has 0 bridgehead atoms. The molecule has 1 aromatic rings. The molecule has 19 heavy (non-hydrogen) atoms. The van der Waals surface area contributed by atoms with Crippen LogP contribution in [0.4, 0.5) is 0 Å². The van der Waals surface area contributed by atoms with Gasteiger partial charge in [0.15, 0.2) is 5.96 Å². The van der Waals surface area contributed by atoms with E-state index in [2.05, 4.69) is 47.1 Å². The first-order valence-corrected chi connectivity index (χ1v) is 6.85. The smallest absolute Gasteiger partial charge is 0.191 e. The lowest BCUT2D eigenvalue weighted by atomic mass is 10.1. The number of hydrogen-bond acceptors (Lipinski definition) is 5. The minimum absolute atomic E-state index is 0.241. The zero-order chi connectivity index (χ0) is 13.8. The second-order valence-corrected chi connectivity index (χ2v) is 5.25. The van der Waals surface area contributed by atoms with Gasteiger partial charge in [-0.1, -0.05) is 6.92 Å². The number of rotatable bonds is 6. The molecule has 0 aromatic carbocycles. The van der Waals surface area contributed by atoms with Crippen molar-refractivity contribution in [2.24, 2.45) is 10.7 Å². The Morgan fingerprint density at radius 1 is 1.42 bits per heavy atom. The summed E-state index contributed by atoms with van der Waals surface area (Å²) in [5.74, 6) is 0.648. The van der Waals surface area contributed by atoms with Crippen molar-refractivity contribution in [1.82, 2.24) is 19.6 Å². The second-order valence-electron chi connectivity index (χ2n) is 5.25. The third-order valence-electron chi connectivity index (χ3n) is 3.38. The van der Waals surface area contributed by atoms with E-state index in [9.17, 15) is 0 Å². The molecule has 2 heterocycles. The molecule has 0 radical (unpaired) electrons. The molecule has 1 atom stereocenters. The van der Waals surface area contributed by atoms with Gasteiger partial charge in [-0.25, -0.2) is 0 Å². The topological polar surface area (TPSA) is 62.7 Å². The lowest BCUT2D eigenvalue weighted by molar-refractivity contribution is 0.293. The van der Waals surface area contributed by atoms with Crippen molar-refractivity contribution < 1.29 is 0 Å². The molecule has 1 unspecified atom stereocenters. The van der Waals surface area contributed by atoms with E-state index in [1.54, 1.807) is 0 Å². The van der Waals surface area contributed by atoms with E-state index in [1.807, 2.05) is 10.9 Å². The average Bonchev–Trinajstić information content (AvgIpc) is 2.94. The predicted molar refractivity (Wildman–Crippen MR) is 77.0 cm³/mol. The van der Waals surface area contributed by atoms with E-state index < -0.39 is 0 Å². The Kier molecular flexibility index (Phi) is 4.42. The first-order chi connectivity index (χ1) is 9.11. The van der Waals surface area contributed by atoms with Gasteiger partial charge in [0.2, 0.25) is 0 Å². The number of guanidine groups is 1. The second kappa shape index (κ2) is 6.06. The first-order valence-electron chi connectivity index (χ1n) is 6.85. The maximum Gasteiger partial charge on any atom is 0.191 e. The van der Waals surface area contributed by atoms with E-state index in [0.717, 1.165) is 32.6 Å². The normalized spacial score (nSPS) is 19.3. The third-order valence-corrected chi connectivity index (χ3v) is 3.38. The lowest BCUT2D eigenvalue weighted by Gasteiger charge is -2.26. The van der Waals surface area contributed by atoms with Crippen LogP contribution in [0.15, 0.2) is 17.4 Å². The fourth-order valence-electron chi connectivity index (χ4n) is 2.30. The van der Waals surface area contributed by atoms with Crippen molar-refractivity contribution in [3.05, 3.63) is 18.0 Å². The maximum atomic E-state index is 5.99. The Balaban J connectivity index is 2.05. The highest BCUT2D eigenvalue weighted by Gasteiger charge is 2.28. The van der Waals surface area contributed by atoms with Crippen LogP contribution in [0.5, 0.6) is 0 Å². The van der Waals surface area contributed by atoms with Gasteiger partial charge in [0.05, 0.1) is 18.8 Å². The van der Waals surface area contributed by atoms with Gasteiger partial charge >= 0.3 is 0 Å². The van der Waals surface area contributed by atoms with Gasteiger partial charge in [-0.15, -0.1) is 0 Å². The number of nitrogens with two attached hydrogens (primary N) is 1. The van der Waals surface area contributed by atoms with Gasteiger partial charge in [0.1, 0.15) is 0 Å². The van der Waals surface area contributed by atoms with Crippen LogP contribution in [-0.4, -0.2) is 59.3 Å². The Hall–Kier alpha value is -1.56. The Labute approximate surface area is 114 Å². The Morgan fingerprint density at radius 2 is 2.21 bits per heavy atom. The monoisotopic (exact) mass is 264 g/mol. The molecule has 0 saturated heterocycles. The molecule has 2 N–H and O–H groups in total. The van der Waals surface area contributed by atoms with Gasteiger partial charge < -0.3 is 15.5 Å². The molecule has 1 aliphatic heterocycles. The quantitative estimate of drug-likeness (QED) is 0.814. The van der Waals surface area contributed by atoms with E-state index in [-0.39, 0.29) is 6.04 Å². The van der Waals surface area contributed by atoms with E-state index in [1.165, 1.54) is 5.56 Å². The molecular weight excluding hydrogens is 240 g/mol. The molecule has 6 nitrogen and oxygen atoms in total. The van der Waals surface area contributed by atoms with E-state index in [0.29, 0.717) is 5.96 Å². The number of likely N-dealkylation sites (N-methyl/N-ethyl adjacent to an activating group) is 1. The minimum atomic E-state index is 0.241. The van der Waals surface area contributed by atoms with E-state index >= 15 is 0 Å². The highest BCUT2D eigenvalue weighted by Crippen LogP contribution is 2.24. The first kappa shape index (κ1) is 13.9. The van der Waals surface area contributed by atoms with Crippen LogP contribution in [0.1, 0.15) is 24.9 Å². The van der Waals surface area contributed by atoms with Crippen LogP contribution < -0.4 is 5.73 Å². The standard InChI is InChI=1S/C13H24N6/c1-4-5-18-10-11(8-16-18)12-9-15-13(14)19(12)7-6-17(2)3/h8,10,12H,4-7,9H2,1-3H3,(H2,14,15). The van der Waals surface area contributed by atoms with Crippen LogP contribution >= 0.6 is 0 Å². The number of nitrogens with zero attached hydrogens (tertiary/aromatic N) is 5. The summed E-state index contributed by atoms with van der Waals surface area (Å²) in [5.41, 5.74) is 7.19. The molecule has 1 aromatic heterocycles. The van der Waals surface area contributed by atoms with Gasteiger partial charge in [0, 0.05) is 31.4 Å². The van der Waals surface area contributed by atoms with E-state index in [4.69, 9.17) is 5.73 Å². The van der Waals surface area contributed by atoms with Gasteiger partial charge in [-0.2, -0.15) is 5.10 Å². The summed E-state index contributed by atoms with van der Waals surface area (Å²) in [5, 5.41) is 4.39. The summed E-state index contributed by atoms with van der Waals surface area (Å²) in [6.45, 7) is 5.71. The van der Waals surface area contributed by atoms with Crippen molar-refractivity contribution >= 4 is 5.96 Å². The van der Waals surface area contributed by atoms with Gasteiger partial charge in [0.25, 0.3) is 0 Å². The van der Waals surface area contributed by atoms with Crippen molar-refractivity contribution in [3.63, 3.8) is 0 Å². The van der Waals surface area contributed by atoms with Gasteiger partial charge in [-0.05, 0) is 20.5 Å². The van der Waals surface area contributed by atoms with Crippen molar-refractivity contribution in [1.29, 1.82) is 0 Å². The Morgan fingerprint density at radius 3 is 2.89 bits per heavy atom. The predicted octanol–water partition coefficient (Wildman–Crippen LogP) is 0.526. The van der Waals surface area contributed by atoms with Crippen LogP contribution in [-0.2, 0) is 6.54 Å². The minimum Gasteiger partial charge on any atom is -0.370 e. The molecule has 0 spiro atoms.